The van der Waals surface area contributed by atoms with Crippen molar-refractivity contribution in [1.29, 1.82) is 0 Å². The van der Waals surface area contributed by atoms with E-state index < -0.39 is 0 Å². The van der Waals surface area contributed by atoms with Crippen LogP contribution in [0.1, 0.15) is 75.6 Å². The van der Waals surface area contributed by atoms with Gasteiger partial charge >= 0.3 is 0 Å². The van der Waals surface area contributed by atoms with Crippen molar-refractivity contribution in [3.63, 3.8) is 0 Å². The molecule has 0 aliphatic carbocycles. The third-order valence-corrected chi connectivity index (χ3v) is 8.24. The second-order valence-electron chi connectivity index (χ2n) is 13.5. The van der Waals surface area contributed by atoms with Gasteiger partial charge < -0.3 is 0 Å². The minimum absolute atomic E-state index is 0.0595. The molecule has 2 fully saturated rings. The largest absolute Gasteiger partial charge is 0.297 e. The maximum atomic E-state index is 13.1. The molecule has 2 amide bonds. The Morgan fingerprint density at radius 2 is 1.06 bits per heavy atom. The Hall–Kier alpha value is -5.27. The summed E-state index contributed by atoms with van der Waals surface area (Å²) in [5.74, 6) is 13.4. The molecular formula is C40H39FN4O2. The van der Waals surface area contributed by atoms with E-state index in [-0.39, 0.29) is 28.5 Å². The number of carbonyl (C=O) groups is 2. The molecule has 0 N–H and O–H groups in total. The van der Waals surface area contributed by atoms with Crippen molar-refractivity contribution in [2.75, 3.05) is 22.9 Å². The molecule has 2 aliphatic heterocycles. The fourth-order valence-corrected chi connectivity index (χ4v) is 5.37. The number of rotatable bonds is 2. The maximum absolute atomic E-state index is 13.1. The highest BCUT2D eigenvalue weighted by Crippen LogP contribution is 2.33. The van der Waals surface area contributed by atoms with Crippen molar-refractivity contribution in [3.8, 4) is 23.7 Å². The van der Waals surface area contributed by atoms with Crippen molar-refractivity contribution in [2.45, 2.75) is 53.4 Å². The molecule has 2 aromatic heterocycles. The molecule has 0 bridgehead atoms. The number of amides is 2. The molecule has 238 valence electrons. The van der Waals surface area contributed by atoms with Crippen molar-refractivity contribution in [2.24, 2.45) is 10.8 Å². The first kappa shape index (κ1) is 33.1. The van der Waals surface area contributed by atoms with E-state index in [0.717, 1.165) is 41.9 Å². The van der Waals surface area contributed by atoms with Crippen LogP contribution in [0, 0.1) is 40.3 Å². The molecule has 2 aromatic carbocycles. The molecule has 4 heterocycles. The molecule has 0 spiro atoms. The molecule has 47 heavy (non-hydrogen) atoms. The van der Waals surface area contributed by atoms with Crippen LogP contribution in [0.3, 0.4) is 0 Å². The van der Waals surface area contributed by atoms with E-state index in [1.54, 1.807) is 34.3 Å². The second kappa shape index (κ2) is 14.4. The highest BCUT2D eigenvalue weighted by molar-refractivity contribution is 5.94. The van der Waals surface area contributed by atoms with Crippen LogP contribution in [-0.2, 0) is 9.59 Å². The van der Waals surface area contributed by atoms with Gasteiger partial charge in [0.05, 0.1) is 0 Å². The zero-order valence-electron chi connectivity index (χ0n) is 27.4. The first-order valence-corrected chi connectivity index (χ1v) is 15.8. The average Bonchev–Trinajstić information content (AvgIpc) is 3.04. The molecule has 2 aliphatic rings. The monoisotopic (exact) mass is 626 g/mol. The molecule has 6 nitrogen and oxygen atoms in total. The maximum Gasteiger partial charge on any atom is 0.228 e. The number of piperidine rings is 2. The molecule has 6 rings (SSSR count). The summed E-state index contributed by atoms with van der Waals surface area (Å²) in [6.45, 7) is 9.92. The second-order valence-corrected chi connectivity index (χ2v) is 13.5. The van der Waals surface area contributed by atoms with E-state index in [0.29, 0.717) is 30.8 Å². The third kappa shape index (κ3) is 9.37. The van der Waals surface area contributed by atoms with Crippen molar-refractivity contribution >= 4 is 23.5 Å². The fourth-order valence-electron chi connectivity index (χ4n) is 5.37. The van der Waals surface area contributed by atoms with Crippen LogP contribution in [0.5, 0.6) is 0 Å². The van der Waals surface area contributed by atoms with Gasteiger partial charge in [-0.15, -0.1) is 0 Å². The van der Waals surface area contributed by atoms with E-state index in [2.05, 4.69) is 61.3 Å². The predicted octanol–water partition coefficient (Wildman–Crippen LogP) is 7.41. The number of benzene rings is 2. The highest BCUT2D eigenvalue weighted by Gasteiger charge is 2.33. The Morgan fingerprint density at radius 1 is 0.596 bits per heavy atom. The van der Waals surface area contributed by atoms with E-state index in [1.165, 1.54) is 12.1 Å². The number of halogens is 1. The van der Waals surface area contributed by atoms with E-state index in [1.807, 2.05) is 54.6 Å². The number of carbonyl (C=O) groups excluding carboxylic acids is 2. The quantitative estimate of drug-likeness (QED) is 0.218. The van der Waals surface area contributed by atoms with Crippen LogP contribution in [0.4, 0.5) is 16.0 Å². The molecule has 0 unspecified atom stereocenters. The minimum atomic E-state index is -0.304. The zero-order chi connectivity index (χ0) is 33.4. The lowest BCUT2D eigenvalue weighted by Crippen LogP contribution is -2.42. The van der Waals surface area contributed by atoms with Crippen LogP contribution < -0.4 is 9.80 Å². The van der Waals surface area contributed by atoms with Gasteiger partial charge in [0.25, 0.3) is 0 Å². The summed E-state index contributed by atoms with van der Waals surface area (Å²) in [4.78, 5) is 36.8. The lowest BCUT2D eigenvalue weighted by molar-refractivity contribution is -0.123. The number of hydrogen-bond donors (Lipinski definition) is 0. The van der Waals surface area contributed by atoms with Gasteiger partial charge in [-0.3, -0.25) is 19.4 Å². The molecule has 0 atom stereocenters. The summed E-state index contributed by atoms with van der Waals surface area (Å²) >= 11 is 0. The Bertz CT molecular complexity index is 1840. The van der Waals surface area contributed by atoms with Crippen LogP contribution in [-0.4, -0.2) is 34.9 Å². The van der Waals surface area contributed by atoms with E-state index in [4.69, 9.17) is 0 Å². The molecule has 4 aromatic rings. The highest BCUT2D eigenvalue weighted by atomic mass is 19.1. The van der Waals surface area contributed by atoms with Gasteiger partial charge in [-0.05, 0) is 78.3 Å². The van der Waals surface area contributed by atoms with E-state index in [9.17, 15) is 14.0 Å². The third-order valence-electron chi connectivity index (χ3n) is 8.24. The lowest BCUT2D eigenvalue weighted by Gasteiger charge is -2.35. The minimum Gasteiger partial charge on any atom is -0.297 e. The summed E-state index contributed by atoms with van der Waals surface area (Å²) in [5.41, 5.74) is 3.33. The predicted molar refractivity (Wildman–Crippen MR) is 184 cm³/mol. The number of anilines is 2. The number of nitrogens with zero attached hydrogens (tertiary/aromatic N) is 4. The van der Waals surface area contributed by atoms with Gasteiger partial charge in [0.1, 0.15) is 17.5 Å². The summed E-state index contributed by atoms with van der Waals surface area (Å²) in [6, 6.07) is 23.5. The zero-order valence-corrected chi connectivity index (χ0v) is 27.4. The first-order chi connectivity index (χ1) is 22.5. The van der Waals surface area contributed by atoms with Gasteiger partial charge in [-0.1, -0.05) is 75.6 Å². The summed E-state index contributed by atoms with van der Waals surface area (Å²) in [6.07, 6.45) is 6.45. The molecule has 0 saturated carbocycles. The van der Waals surface area contributed by atoms with Gasteiger partial charge in [0.15, 0.2) is 0 Å². The van der Waals surface area contributed by atoms with Crippen molar-refractivity contribution < 1.29 is 14.0 Å². The van der Waals surface area contributed by atoms with Gasteiger partial charge in [-0.2, -0.15) is 0 Å². The Balaban J connectivity index is 0.000000185. The number of aromatic nitrogens is 2. The first-order valence-electron chi connectivity index (χ1n) is 15.8. The van der Waals surface area contributed by atoms with Crippen LogP contribution in [0.25, 0.3) is 0 Å². The average molecular weight is 627 g/mol. The normalized spacial score (nSPS) is 16.5. The van der Waals surface area contributed by atoms with Crippen LogP contribution in [0.2, 0.25) is 0 Å². The van der Waals surface area contributed by atoms with Crippen LogP contribution >= 0.6 is 0 Å². The number of hydrogen-bond acceptors (Lipinski definition) is 4. The smallest absolute Gasteiger partial charge is 0.228 e. The molecule has 0 radical (unpaired) electrons. The Labute approximate surface area is 277 Å². The van der Waals surface area contributed by atoms with Crippen molar-refractivity contribution in [1.82, 2.24) is 9.97 Å². The molecule has 2 saturated heterocycles. The van der Waals surface area contributed by atoms with E-state index >= 15 is 0 Å². The number of pyridine rings is 2. The Kier molecular flexibility index (Phi) is 10.2. The van der Waals surface area contributed by atoms with Gasteiger partial charge in [0.2, 0.25) is 11.8 Å². The lowest BCUT2D eigenvalue weighted by atomic mass is 9.82. The standard InChI is InChI=1S/C20H19FN2O.C20H20N2O/c1-20(2)10-11-23(19(24)13-20)18-9-8-16(14-22-18)7-6-15-4-3-5-17(21)12-15;1-20(2)12-13-22(19(23)14-20)18-11-10-17(15-21-18)9-8-16-6-4-3-5-7-16/h3-5,8-9,12,14H,10-11,13H2,1-2H3;3-7,10-11,15H,12-14H2,1-2H3. The van der Waals surface area contributed by atoms with Gasteiger partial charge in [-0.25, -0.2) is 14.4 Å². The molecule has 7 heteroatoms. The SMILES string of the molecule is CC1(C)CCN(c2ccc(C#Cc3cccc(F)c3)cn2)C(=O)C1.CC1(C)CCN(c2ccc(C#Cc3ccccc3)cn2)C(=O)C1. The fraction of sp³-hybridized carbons (Fsp3) is 0.300. The molecular weight excluding hydrogens is 587 g/mol. The summed E-state index contributed by atoms with van der Waals surface area (Å²) in [5, 5.41) is 0. The van der Waals surface area contributed by atoms with Gasteiger partial charge in [0, 0.05) is 60.6 Å². The van der Waals surface area contributed by atoms with Crippen molar-refractivity contribution in [3.05, 3.63) is 119 Å². The summed E-state index contributed by atoms with van der Waals surface area (Å²) in [7, 11) is 0. The topological polar surface area (TPSA) is 66.4 Å². The summed E-state index contributed by atoms with van der Waals surface area (Å²) < 4.78 is 13.1. The Morgan fingerprint density at radius 3 is 1.51 bits per heavy atom. The van der Waals surface area contributed by atoms with Crippen LogP contribution in [0.15, 0.2) is 91.3 Å².